The number of rotatable bonds is 3. The van der Waals surface area contributed by atoms with Crippen LogP contribution in [0.4, 0.5) is 0 Å². The van der Waals surface area contributed by atoms with Crippen LogP contribution in [0, 0.1) is 0 Å². The van der Waals surface area contributed by atoms with E-state index < -0.39 is 5.91 Å². The monoisotopic (exact) mass is 352 g/mol. The van der Waals surface area contributed by atoms with Gasteiger partial charge in [-0.1, -0.05) is 12.1 Å². The molecule has 0 unspecified atom stereocenters. The van der Waals surface area contributed by atoms with Crippen molar-refractivity contribution in [2.45, 2.75) is 6.10 Å². The molecule has 2 aromatic carbocycles. The van der Waals surface area contributed by atoms with Crippen molar-refractivity contribution in [3.05, 3.63) is 59.2 Å². The summed E-state index contributed by atoms with van der Waals surface area (Å²) >= 11 is 0. The molecule has 3 amide bonds. The maximum atomic E-state index is 12.4. The smallest absolute Gasteiger partial charge is 0.261 e. The van der Waals surface area contributed by atoms with Crippen molar-refractivity contribution in [1.82, 2.24) is 10.2 Å². The lowest BCUT2D eigenvalue weighted by molar-refractivity contribution is 0.0693. The molecule has 0 fully saturated rings. The van der Waals surface area contributed by atoms with Crippen LogP contribution in [0.15, 0.2) is 42.5 Å². The fraction of sp³-hybridized carbons (Fsp3) is 0.211. The van der Waals surface area contributed by atoms with Gasteiger partial charge < -0.3 is 14.8 Å². The van der Waals surface area contributed by atoms with E-state index >= 15 is 0 Å². The first-order valence-corrected chi connectivity index (χ1v) is 8.17. The largest absolute Gasteiger partial charge is 0.486 e. The molecule has 0 spiro atoms. The van der Waals surface area contributed by atoms with Crippen LogP contribution in [0.2, 0.25) is 0 Å². The van der Waals surface area contributed by atoms with E-state index in [0.29, 0.717) is 29.2 Å². The van der Waals surface area contributed by atoms with E-state index in [1.165, 1.54) is 25.2 Å². The van der Waals surface area contributed by atoms with E-state index in [1.807, 2.05) is 24.3 Å². The van der Waals surface area contributed by atoms with Crippen LogP contribution < -0.4 is 14.8 Å². The Morgan fingerprint density at radius 3 is 2.65 bits per heavy atom. The molecule has 4 rings (SSSR count). The lowest BCUT2D eigenvalue weighted by atomic mass is 10.1. The Kier molecular flexibility index (Phi) is 3.84. The van der Waals surface area contributed by atoms with Gasteiger partial charge in [0.2, 0.25) is 0 Å². The van der Waals surface area contributed by atoms with Crippen LogP contribution in [0.5, 0.6) is 11.5 Å². The van der Waals surface area contributed by atoms with Gasteiger partial charge >= 0.3 is 0 Å². The zero-order valence-electron chi connectivity index (χ0n) is 14.0. The number of hydrogen-bond donors (Lipinski definition) is 1. The number of nitrogens with zero attached hydrogens (tertiary/aromatic N) is 1. The van der Waals surface area contributed by atoms with Gasteiger partial charge in [0, 0.05) is 12.6 Å². The van der Waals surface area contributed by atoms with Gasteiger partial charge in [-0.15, -0.1) is 0 Å². The molecule has 7 nitrogen and oxygen atoms in total. The first-order valence-electron chi connectivity index (χ1n) is 8.17. The zero-order valence-corrected chi connectivity index (χ0v) is 14.0. The third-order valence-corrected chi connectivity index (χ3v) is 4.41. The van der Waals surface area contributed by atoms with Gasteiger partial charge in [-0.3, -0.25) is 19.3 Å². The summed E-state index contributed by atoms with van der Waals surface area (Å²) in [6, 6.07) is 11.8. The van der Waals surface area contributed by atoms with Gasteiger partial charge in [0.05, 0.1) is 17.7 Å². The Morgan fingerprint density at radius 1 is 1.12 bits per heavy atom. The molecule has 0 saturated heterocycles. The molecule has 2 aliphatic heterocycles. The molecule has 1 N–H and O–H groups in total. The van der Waals surface area contributed by atoms with E-state index in [0.717, 1.165) is 4.90 Å². The van der Waals surface area contributed by atoms with Crippen molar-refractivity contribution >= 4 is 17.7 Å². The normalized spacial score (nSPS) is 17.9. The number of carbonyl (C=O) groups excluding carboxylic acids is 3. The fourth-order valence-electron chi connectivity index (χ4n) is 2.97. The predicted molar refractivity (Wildman–Crippen MR) is 91.6 cm³/mol. The summed E-state index contributed by atoms with van der Waals surface area (Å²) in [4.78, 5) is 37.4. The first kappa shape index (κ1) is 16.1. The summed E-state index contributed by atoms with van der Waals surface area (Å²) in [5.74, 6) is 0.220. The van der Waals surface area contributed by atoms with E-state index in [9.17, 15) is 14.4 Å². The van der Waals surface area contributed by atoms with Crippen LogP contribution in [0.25, 0.3) is 0 Å². The van der Waals surface area contributed by atoms with E-state index in [2.05, 4.69) is 5.32 Å². The van der Waals surface area contributed by atoms with Gasteiger partial charge in [-0.05, 0) is 30.3 Å². The number of para-hydroxylation sites is 2. The molecule has 0 bridgehead atoms. The second-order valence-corrected chi connectivity index (χ2v) is 6.14. The molecule has 0 aliphatic carbocycles. The number of carbonyl (C=O) groups is 3. The molecular weight excluding hydrogens is 336 g/mol. The number of imide groups is 1. The van der Waals surface area contributed by atoms with Gasteiger partial charge in [0.1, 0.15) is 12.7 Å². The third kappa shape index (κ3) is 2.67. The topological polar surface area (TPSA) is 84.9 Å². The summed E-state index contributed by atoms with van der Waals surface area (Å²) in [6.45, 7) is 0.594. The molecule has 2 aliphatic rings. The summed E-state index contributed by atoms with van der Waals surface area (Å²) in [5, 5.41) is 2.77. The van der Waals surface area contributed by atoms with Crippen molar-refractivity contribution in [2.75, 3.05) is 20.2 Å². The quantitative estimate of drug-likeness (QED) is 0.846. The predicted octanol–water partition coefficient (Wildman–Crippen LogP) is 1.48. The Balaban J connectivity index is 1.42. The standard InChI is InChI=1S/C19H16N2O5/c1-21-18(23)13-7-6-11(8-14(13)19(21)24)17(22)20-9-12-10-25-15-4-2-3-5-16(15)26-12/h2-8,12H,9-10H2,1H3,(H,20,22)/t12-/m1/s1. The summed E-state index contributed by atoms with van der Waals surface area (Å²) in [7, 11) is 1.42. The maximum Gasteiger partial charge on any atom is 0.261 e. The van der Waals surface area contributed by atoms with Crippen LogP contribution in [-0.4, -0.2) is 48.9 Å². The Hall–Kier alpha value is -3.35. The highest BCUT2D eigenvalue weighted by Crippen LogP contribution is 2.30. The van der Waals surface area contributed by atoms with Crippen molar-refractivity contribution < 1.29 is 23.9 Å². The van der Waals surface area contributed by atoms with Crippen LogP contribution in [-0.2, 0) is 0 Å². The van der Waals surface area contributed by atoms with Gasteiger partial charge in [0.15, 0.2) is 11.5 Å². The lowest BCUT2D eigenvalue weighted by Gasteiger charge is -2.26. The first-order chi connectivity index (χ1) is 12.5. The number of fused-ring (bicyclic) bond motifs is 2. The van der Waals surface area contributed by atoms with Crippen LogP contribution >= 0.6 is 0 Å². The fourth-order valence-corrected chi connectivity index (χ4v) is 2.97. The average molecular weight is 352 g/mol. The van der Waals surface area contributed by atoms with Gasteiger partial charge in [-0.25, -0.2) is 0 Å². The minimum Gasteiger partial charge on any atom is -0.486 e. The molecule has 0 aromatic heterocycles. The lowest BCUT2D eigenvalue weighted by Crippen LogP contribution is -2.40. The Morgan fingerprint density at radius 2 is 1.85 bits per heavy atom. The molecule has 26 heavy (non-hydrogen) atoms. The van der Waals surface area contributed by atoms with Crippen LogP contribution in [0.1, 0.15) is 31.1 Å². The minimum atomic E-state index is -0.403. The molecule has 2 aromatic rings. The van der Waals surface area contributed by atoms with E-state index in [-0.39, 0.29) is 30.0 Å². The number of benzene rings is 2. The average Bonchev–Trinajstić information content (AvgIpc) is 2.89. The Labute approximate surface area is 149 Å². The van der Waals surface area contributed by atoms with Crippen molar-refractivity contribution in [1.29, 1.82) is 0 Å². The number of nitrogens with one attached hydrogen (secondary N) is 1. The molecular formula is C19H16N2O5. The van der Waals surface area contributed by atoms with E-state index in [1.54, 1.807) is 0 Å². The summed E-state index contributed by atoms with van der Waals surface area (Å²) < 4.78 is 11.4. The van der Waals surface area contributed by atoms with Crippen molar-refractivity contribution in [3.8, 4) is 11.5 Å². The van der Waals surface area contributed by atoms with Crippen molar-refractivity contribution in [2.24, 2.45) is 0 Å². The molecule has 2 heterocycles. The second kappa shape index (κ2) is 6.18. The minimum absolute atomic E-state index is 0.247. The third-order valence-electron chi connectivity index (χ3n) is 4.41. The second-order valence-electron chi connectivity index (χ2n) is 6.14. The SMILES string of the molecule is CN1C(=O)c2ccc(C(=O)NC[C@@H]3COc4ccccc4O3)cc2C1=O. The van der Waals surface area contributed by atoms with Crippen LogP contribution in [0.3, 0.4) is 0 Å². The highest BCUT2D eigenvalue weighted by atomic mass is 16.6. The Bertz CT molecular complexity index is 924. The number of amides is 3. The van der Waals surface area contributed by atoms with Gasteiger partial charge in [0.25, 0.3) is 17.7 Å². The highest BCUT2D eigenvalue weighted by Gasteiger charge is 2.33. The summed E-state index contributed by atoms with van der Waals surface area (Å²) in [5.41, 5.74) is 0.878. The molecule has 132 valence electrons. The number of ether oxygens (including phenoxy) is 2. The summed E-state index contributed by atoms with van der Waals surface area (Å²) in [6.07, 6.45) is -0.308. The molecule has 0 saturated carbocycles. The van der Waals surface area contributed by atoms with E-state index in [4.69, 9.17) is 9.47 Å². The zero-order chi connectivity index (χ0) is 18.3. The maximum absolute atomic E-state index is 12.4. The number of hydrogen-bond acceptors (Lipinski definition) is 5. The highest BCUT2D eigenvalue weighted by molar-refractivity contribution is 6.21. The molecule has 1 atom stereocenters. The molecule has 0 radical (unpaired) electrons. The molecule has 7 heteroatoms. The van der Waals surface area contributed by atoms with Crippen molar-refractivity contribution in [3.63, 3.8) is 0 Å². The van der Waals surface area contributed by atoms with Gasteiger partial charge in [-0.2, -0.15) is 0 Å².